The summed E-state index contributed by atoms with van der Waals surface area (Å²) in [5.74, 6) is 0. The monoisotopic (exact) mass is 262 g/mol. The van der Waals surface area contributed by atoms with Crippen molar-refractivity contribution in [3.8, 4) is 0 Å². The Morgan fingerprint density at radius 2 is 1.00 bits per heavy atom. The van der Waals surface area contributed by atoms with Crippen LogP contribution < -0.4 is 0 Å². The van der Waals surface area contributed by atoms with E-state index in [0.717, 1.165) is 13.2 Å². The molecule has 98 valence electrons. The molecule has 0 saturated carbocycles. The van der Waals surface area contributed by atoms with Gasteiger partial charge in [0.1, 0.15) is 0 Å². The molecule has 16 heavy (non-hydrogen) atoms. The second kappa shape index (κ2) is 7.64. The van der Waals surface area contributed by atoms with Crippen molar-refractivity contribution in [2.45, 2.75) is 65.7 Å². The van der Waals surface area contributed by atoms with Crippen molar-refractivity contribution in [1.29, 1.82) is 0 Å². The second-order valence-corrected chi connectivity index (χ2v) is 19.3. The van der Waals surface area contributed by atoms with Crippen LogP contribution in [0, 0.1) is 0 Å². The SMILES string of the molecule is CCCCO[Si](C)(C)[Si](C)(C)OCCCC. The van der Waals surface area contributed by atoms with Crippen LogP contribution in [0.15, 0.2) is 0 Å². The third-order valence-electron chi connectivity index (χ3n) is 3.37. The Morgan fingerprint density at radius 3 is 1.25 bits per heavy atom. The molecule has 4 heteroatoms. The minimum absolute atomic E-state index is 0.920. The van der Waals surface area contributed by atoms with Gasteiger partial charge in [0.15, 0.2) is 0 Å². The van der Waals surface area contributed by atoms with E-state index in [4.69, 9.17) is 8.85 Å². The average Bonchev–Trinajstić information content (AvgIpc) is 2.18. The number of hydrogen-bond acceptors (Lipinski definition) is 2. The fraction of sp³-hybridized carbons (Fsp3) is 1.00. The third-order valence-corrected chi connectivity index (χ3v) is 17.7. The van der Waals surface area contributed by atoms with Gasteiger partial charge in [-0.15, -0.1) is 0 Å². The van der Waals surface area contributed by atoms with Crippen LogP contribution >= 0.6 is 0 Å². The minimum atomic E-state index is -1.60. The van der Waals surface area contributed by atoms with Gasteiger partial charge in [0, 0.05) is 13.2 Å². The summed E-state index contributed by atoms with van der Waals surface area (Å²) in [6.45, 7) is 15.5. The summed E-state index contributed by atoms with van der Waals surface area (Å²) < 4.78 is 12.3. The lowest BCUT2D eigenvalue weighted by atomic mass is 10.4. The van der Waals surface area contributed by atoms with E-state index >= 15 is 0 Å². The Hall–Kier alpha value is 0.354. The lowest BCUT2D eigenvalue weighted by Gasteiger charge is -2.37. The minimum Gasteiger partial charge on any atom is -0.417 e. The summed E-state index contributed by atoms with van der Waals surface area (Å²) in [6, 6.07) is 0. The lowest BCUT2D eigenvalue weighted by molar-refractivity contribution is 0.278. The maximum Gasteiger partial charge on any atom is 0.204 e. The Morgan fingerprint density at radius 1 is 0.688 bits per heavy atom. The molecule has 0 radical (unpaired) electrons. The van der Waals surface area contributed by atoms with Crippen LogP contribution in [-0.4, -0.2) is 28.9 Å². The molecule has 0 amide bonds. The quantitative estimate of drug-likeness (QED) is 0.460. The molecule has 0 bridgehead atoms. The van der Waals surface area contributed by atoms with Crippen molar-refractivity contribution in [2.75, 3.05) is 13.2 Å². The van der Waals surface area contributed by atoms with Crippen molar-refractivity contribution in [3.05, 3.63) is 0 Å². The highest BCUT2D eigenvalue weighted by Crippen LogP contribution is 2.22. The standard InChI is InChI=1S/C12H30O2Si2/c1-7-9-11-13-15(3,4)16(5,6)14-12-10-8-2/h7-12H2,1-6H3. The van der Waals surface area contributed by atoms with Gasteiger partial charge in [0.05, 0.1) is 0 Å². The van der Waals surface area contributed by atoms with E-state index < -0.39 is 15.7 Å². The van der Waals surface area contributed by atoms with E-state index in [1.165, 1.54) is 25.7 Å². The van der Waals surface area contributed by atoms with Gasteiger partial charge < -0.3 is 8.85 Å². The van der Waals surface area contributed by atoms with Gasteiger partial charge in [-0.2, -0.15) is 0 Å². The highest BCUT2D eigenvalue weighted by atomic mass is 29.3. The van der Waals surface area contributed by atoms with Crippen LogP contribution in [0.4, 0.5) is 0 Å². The normalized spacial score (nSPS) is 13.1. The predicted molar refractivity (Wildman–Crippen MR) is 76.7 cm³/mol. The summed E-state index contributed by atoms with van der Waals surface area (Å²) >= 11 is 0. The molecule has 0 aromatic carbocycles. The zero-order chi connectivity index (χ0) is 12.7. The number of unbranched alkanes of at least 4 members (excludes halogenated alkanes) is 2. The maximum atomic E-state index is 6.14. The summed E-state index contributed by atoms with van der Waals surface area (Å²) in [7, 11) is -3.20. The first kappa shape index (κ1) is 16.4. The van der Waals surface area contributed by atoms with Gasteiger partial charge in [-0.3, -0.25) is 0 Å². The van der Waals surface area contributed by atoms with Crippen molar-refractivity contribution >= 4 is 15.7 Å². The van der Waals surface area contributed by atoms with E-state index in [-0.39, 0.29) is 0 Å². The molecule has 0 aliphatic rings. The molecule has 0 fully saturated rings. The molecule has 0 heterocycles. The topological polar surface area (TPSA) is 18.5 Å². The second-order valence-electron chi connectivity index (χ2n) is 5.42. The van der Waals surface area contributed by atoms with Crippen LogP contribution in [0.25, 0.3) is 0 Å². The highest BCUT2D eigenvalue weighted by molar-refractivity contribution is 7.35. The summed E-state index contributed by atoms with van der Waals surface area (Å²) in [4.78, 5) is 0. The molecule has 0 spiro atoms. The Kier molecular flexibility index (Phi) is 7.80. The predicted octanol–water partition coefficient (Wildman–Crippen LogP) is 4.11. The zero-order valence-electron chi connectivity index (χ0n) is 12.1. The van der Waals surface area contributed by atoms with Crippen LogP contribution in [0.5, 0.6) is 0 Å². The van der Waals surface area contributed by atoms with Crippen LogP contribution in [0.2, 0.25) is 26.2 Å². The van der Waals surface area contributed by atoms with Crippen molar-refractivity contribution in [1.82, 2.24) is 0 Å². The summed E-state index contributed by atoms with van der Waals surface area (Å²) in [5, 5.41) is 0. The van der Waals surface area contributed by atoms with Gasteiger partial charge in [-0.05, 0) is 39.0 Å². The molecule has 0 rings (SSSR count). The van der Waals surface area contributed by atoms with Gasteiger partial charge in [0.25, 0.3) is 0 Å². The fourth-order valence-electron chi connectivity index (χ4n) is 1.29. The first-order valence-corrected chi connectivity index (χ1v) is 13.5. The lowest BCUT2D eigenvalue weighted by Crippen LogP contribution is -2.59. The van der Waals surface area contributed by atoms with E-state index in [9.17, 15) is 0 Å². The Labute approximate surface area is 104 Å². The first-order valence-electron chi connectivity index (χ1n) is 6.65. The van der Waals surface area contributed by atoms with Gasteiger partial charge >= 0.3 is 0 Å². The molecule has 0 atom stereocenters. The van der Waals surface area contributed by atoms with Gasteiger partial charge in [0.2, 0.25) is 15.7 Å². The molecule has 0 aromatic heterocycles. The zero-order valence-corrected chi connectivity index (χ0v) is 14.1. The molecular weight excluding hydrogens is 232 g/mol. The highest BCUT2D eigenvalue weighted by Gasteiger charge is 2.44. The van der Waals surface area contributed by atoms with Crippen LogP contribution in [0.3, 0.4) is 0 Å². The van der Waals surface area contributed by atoms with E-state index in [1.54, 1.807) is 0 Å². The van der Waals surface area contributed by atoms with E-state index in [0.29, 0.717) is 0 Å². The van der Waals surface area contributed by atoms with Gasteiger partial charge in [-0.25, -0.2) is 0 Å². The molecule has 0 unspecified atom stereocenters. The number of rotatable bonds is 9. The van der Waals surface area contributed by atoms with Crippen molar-refractivity contribution in [3.63, 3.8) is 0 Å². The maximum absolute atomic E-state index is 6.14. The smallest absolute Gasteiger partial charge is 0.204 e. The fourth-order valence-corrected chi connectivity index (χ4v) is 5.99. The summed E-state index contributed by atoms with van der Waals surface area (Å²) in [5.41, 5.74) is 0. The van der Waals surface area contributed by atoms with Crippen molar-refractivity contribution in [2.24, 2.45) is 0 Å². The molecule has 0 aromatic rings. The van der Waals surface area contributed by atoms with Gasteiger partial charge in [-0.1, -0.05) is 26.7 Å². The van der Waals surface area contributed by atoms with Crippen molar-refractivity contribution < 1.29 is 8.85 Å². The van der Waals surface area contributed by atoms with Crippen LogP contribution in [-0.2, 0) is 8.85 Å². The molecule has 2 nitrogen and oxygen atoms in total. The first-order chi connectivity index (χ1) is 7.37. The van der Waals surface area contributed by atoms with E-state index in [1.807, 2.05) is 0 Å². The van der Waals surface area contributed by atoms with E-state index in [2.05, 4.69) is 40.0 Å². The third kappa shape index (κ3) is 5.61. The number of hydrogen-bond donors (Lipinski definition) is 0. The summed E-state index contributed by atoms with van der Waals surface area (Å²) in [6.07, 6.45) is 4.78. The average molecular weight is 263 g/mol. The molecule has 0 aliphatic carbocycles. The molecule has 0 aliphatic heterocycles. The molecule has 0 saturated heterocycles. The molecule has 0 N–H and O–H groups in total. The largest absolute Gasteiger partial charge is 0.417 e. The Bertz CT molecular complexity index is 162. The van der Waals surface area contributed by atoms with Crippen LogP contribution in [0.1, 0.15) is 39.5 Å². The Balaban J connectivity index is 4.11. The molecular formula is C12H30O2Si2.